The molecular weight excluding hydrogens is 983 g/mol. The molecule has 11 heteroatoms. The smallest absolute Gasteiger partial charge is 0.158 e. The second-order valence-electron chi connectivity index (χ2n) is 4.50. The van der Waals surface area contributed by atoms with Crippen molar-refractivity contribution in [2.75, 3.05) is 0 Å². The van der Waals surface area contributed by atoms with E-state index in [-0.39, 0.29) is 0 Å². The molecule has 0 bridgehead atoms. The van der Waals surface area contributed by atoms with E-state index in [0.29, 0.717) is 22.2 Å². The van der Waals surface area contributed by atoms with Gasteiger partial charge in [-0.15, -0.1) is 0 Å². The van der Waals surface area contributed by atoms with E-state index in [1.807, 2.05) is 0 Å². The molecule has 0 saturated carbocycles. The fourth-order valence-electron chi connectivity index (χ4n) is 1.83. The predicted octanol–water partition coefficient (Wildman–Crippen LogP) is 11.4. The number of hydrogen-bond acceptors (Lipinski definition) is 1. The molecule has 0 aliphatic heterocycles. The van der Waals surface area contributed by atoms with Crippen molar-refractivity contribution in [3.63, 3.8) is 0 Å². The summed E-state index contributed by atoms with van der Waals surface area (Å²) in [6, 6.07) is 0. The largest absolute Gasteiger partial charge is 0.452 e. The molecule has 2 rings (SSSR count). The Morgan fingerprint density at radius 3 is 0.880 bits per heavy atom. The van der Waals surface area contributed by atoms with Gasteiger partial charge in [0.1, 0.15) is 0 Å². The van der Waals surface area contributed by atoms with Crippen LogP contribution in [0.1, 0.15) is 11.1 Å². The van der Waals surface area contributed by atoms with Crippen molar-refractivity contribution in [1.29, 1.82) is 0 Å². The molecule has 0 amide bonds. The maximum Gasteiger partial charge on any atom is 0.158 e. The summed E-state index contributed by atoms with van der Waals surface area (Å²) in [5, 5.41) is 1.38. The van der Waals surface area contributed by atoms with E-state index in [1.54, 1.807) is 0 Å². The van der Waals surface area contributed by atoms with Gasteiger partial charge in [-0.05, 0) is 139 Å². The van der Waals surface area contributed by atoms with E-state index in [0.717, 1.165) is 46.9 Å². The first-order valence-electron chi connectivity index (χ1n) is 6.16. The third-order valence-electron chi connectivity index (χ3n) is 3.10. The summed E-state index contributed by atoms with van der Waals surface area (Å²) in [5.41, 5.74) is 2.14. The van der Waals surface area contributed by atoms with Gasteiger partial charge in [0.2, 0.25) is 0 Å². The van der Waals surface area contributed by atoms with Gasteiger partial charge in [-0.3, -0.25) is 0 Å². The third kappa shape index (κ3) is 4.86. The Hall–Kier alpha value is 3.04. The van der Waals surface area contributed by atoms with Crippen LogP contribution in [0.3, 0.4) is 0 Å². The summed E-state index contributed by atoms with van der Waals surface area (Å²) in [7, 11) is 0. The van der Waals surface area contributed by atoms with Gasteiger partial charge in [-0.2, -0.15) is 0 Å². The Balaban J connectivity index is 2.70. The van der Waals surface area contributed by atoms with Crippen LogP contribution in [0.25, 0.3) is 0 Å². The Morgan fingerprint density at radius 1 is 0.440 bits per heavy atom. The van der Waals surface area contributed by atoms with Gasteiger partial charge >= 0.3 is 0 Å². The minimum Gasteiger partial charge on any atom is -0.452 e. The normalized spacial score (nSPS) is 11.1. The molecule has 0 aliphatic rings. The zero-order valence-electron chi connectivity index (χ0n) is 11.6. The van der Waals surface area contributed by atoms with Crippen LogP contribution < -0.4 is 4.74 Å². The van der Waals surface area contributed by atoms with Crippen molar-refractivity contribution < 1.29 is 4.74 Å². The summed E-state index contributed by atoms with van der Waals surface area (Å²) >= 11 is 36.0. The highest BCUT2D eigenvalue weighted by molar-refractivity contribution is 9.14. The zero-order chi connectivity index (χ0) is 19.0. The molecule has 0 heterocycles. The first-order valence-corrected chi connectivity index (χ1v) is 14.7. The van der Waals surface area contributed by atoms with Gasteiger partial charge in [0.25, 0.3) is 0 Å². The highest BCUT2D eigenvalue weighted by atomic mass is 79.9. The standard InChI is InChI=1S/C14H4Br10O/c15-1-3-5(17)9(21)13(10(22)6(3)18)25-14-11(23)7(19)4(2-16)8(20)12(14)24/h1-2H2. The van der Waals surface area contributed by atoms with Crippen molar-refractivity contribution in [2.45, 2.75) is 10.7 Å². The van der Waals surface area contributed by atoms with Crippen LogP contribution in [0.15, 0.2) is 35.8 Å². The van der Waals surface area contributed by atoms with Gasteiger partial charge in [0.15, 0.2) is 11.5 Å². The lowest BCUT2D eigenvalue weighted by Gasteiger charge is -2.19. The molecular formula is C14H4Br10O. The zero-order valence-corrected chi connectivity index (χ0v) is 27.5. The highest BCUT2D eigenvalue weighted by Crippen LogP contribution is 2.53. The average molecular weight is 987 g/mol. The maximum atomic E-state index is 6.29. The molecule has 1 nitrogen and oxygen atoms in total. The van der Waals surface area contributed by atoms with Crippen molar-refractivity contribution in [2.24, 2.45) is 0 Å². The van der Waals surface area contributed by atoms with E-state index >= 15 is 0 Å². The predicted molar refractivity (Wildman–Crippen MR) is 140 cm³/mol. The van der Waals surface area contributed by atoms with E-state index in [4.69, 9.17) is 4.74 Å². The van der Waals surface area contributed by atoms with Gasteiger partial charge in [-0.25, -0.2) is 0 Å². The van der Waals surface area contributed by atoms with Gasteiger partial charge in [0, 0.05) is 28.6 Å². The summed E-state index contributed by atoms with van der Waals surface area (Å²) in [6.45, 7) is 0. The summed E-state index contributed by atoms with van der Waals surface area (Å²) < 4.78 is 13.2. The topological polar surface area (TPSA) is 9.23 Å². The second kappa shape index (κ2) is 10.4. The van der Waals surface area contributed by atoms with Crippen molar-refractivity contribution >= 4 is 159 Å². The Morgan fingerprint density at radius 2 is 0.680 bits per heavy atom. The lowest BCUT2D eigenvalue weighted by atomic mass is 10.2. The molecule has 25 heavy (non-hydrogen) atoms. The van der Waals surface area contributed by atoms with Crippen LogP contribution in [-0.2, 0) is 10.7 Å². The SMILES string of the molecule is BrCc1c(Br)c(Br)c(Oc2c(Br)c(Br)c(CBr)c(Br)c2Br)c(Br)c1Br. The monoisotopic (exact) mass is 977 g/mol. The molecule has 0 unspecified atom stereocenters. The van der Waals surface area contributed by atoms with Crippen LogP contribution >= 0.6 is 159 Å². The summed E-state index contributed by atoms with van der Waals surface area (Å²) in [5.74, 6) is 1.30. The van der Waals surface area contributed by atoms with E-state index in [9.17, 15) is 0 Å². The third-order valence-corrected chi connectivity index (χ3v) is 12.9. The molecule has 2 aromatic rings. The highest BCUT2D eigenvalue weighted by Gasteiger charge is 2.24. The summed E-state index contributed by atoms with van der Waals surface area (Å²) in [6.07, 6.45) is 0. The van der Waals surface area contributed by atoms with Crippen LogP contribution in [0.5, 0.6) is 11.5 Å². The van der Waals surface area contributed by atoms with Crippen LogP contribution in [-0.4, -0.2) is 0 Å². The van der Waals surface area contributed by atoms with Crippen LogP contribution in [0, 0.1) is 0 Å². The minimum absolute atomic E-state index is 0.648. The van der Waals surface area contributed by atoms with Crippen molar-refractivity contribution in [3.05, 3.63) is 46.9 Å². The lowest BCUT2D eigenvalue weighted by Crippen LogP contribution is -1.97. The first kappa shape index (κ1) is 24.3. The number of benzene rings is 2. The second-order valence-corrected chi connectivity index (χ2v) is 12.0. The van der Waals surface area contributed by atoms with Gasteiger partial charge in [-0.1, -0.05) is 31.9 Å². The lowest BCUT2D eigenvalue weighted by molar-refractivity contribution is 0.468. The Kier molecular flexibility index (Phi) is 10.1. The van der Waals surface area contributed by atoms with Crippen molar-refractivity contribution in [1.82, 2.24) is 0 Å². The Bertz CT molecular complexity index is 721. The number of halogens is 10. The van der Waals surface area contributed by atoms with Gasteiger partial charge < -0.3 is 4.74 Å². The van der Waals surface area contributed by atoms with E-state index < -0.39 is 0 Å². The molecule has 0 atom stereocenters. The fourth-order valence-corrected chi connectivity index (χ4v) is 9.67. The van der Waals surface area contributed by atoms with E-state index in [1.165, 1.54) is 0 Å². The van der Waals surface area contributed by atoms with Gasteiger partial charge in [0.05, 0.1) is 17.9 Å². The molecule has 136 valence electrons. The minimum atomic E-state index is 0.648. The summed E-state index contributed by atoms with van der Waals surface area (Å²) in [4.78, 5) is 0. The number of alkyl halides is 2. The average Bonchev–Trinajstić information content (AvgIpc) is 2.59. The number of rotatable bonds is 4. The first-order chi connectivity index (χ1) is 11.7. The van der Waals surface area contributed by atoms with Crippen LogP contribution in [0.4, 0.5) is 0 Å². The quantitative estimate of drug-likeness (QED) is 0.219. The van der Waals surface area contributed by atoms with Crippen LogP contribution in [0.2, 0.25) is 0 Å². The molecule has 0 aromatic heterocycles. The molecule has 0 fully saturated rings. The molecule has 0 radical (unpaired) electrons. The molecule has 0 saturated heterocycles. The van der Waals surface area contributed by atoms with E-state index in [2.05, 4.69) is 159 Å². The maximum absolute atomic E-state index is 6.29. The number of ether oxygens (including phenoxy) is 1. The Labute approximate surface area is 229 Å². The van der Waals surface area contributed by atoms with Crippen molar-refractivity contribution in [3.8, 4) is 11.5 Å². The molecule has 2 aromatic carbocycles. The molecule has 0 aliphatic carbocycles. The fraction of sp³-hybridized carbons (Fsp3) is 0.143. The molecule has 0 N–H and O–H groups in total. The molecule has 0 spiro atoms. The number of hydrogen-bond donors (Lipinski definition) is 0.